The smallest absolute Gasteiger partial charge is 0.321 e. The molecule has 3 nitrogen and oxygen atoms in total. The molecular weight excluding hydrogens is 254 g/mol. The van der Waals surface area contributed by atoms with E-state index in [4.69, 9.17) is 5.11 Å². The molecule has 1 saturated heterocycles. The zero-order valence-corrected chi connectivity index (χ0v) is 10.6. The van der Waals surface area contributed by atoms with E-state index in [1.165, 1.54) is 15.6 Å². The molecule has 1 fully saturated rings. The number of nitrogens with one attached hydrogen (secondary N) is 1. The lowest BCUT2D eigenvalue weighted by molar-refractivity contribution is -0.138. The first-order valence-corrected chi connectivity index (χ1v) is 7.25. The van der Waals surface area contributed by atoms with Crippen LogP contribution >= 0.6 is 23.1 Å². The van der Waals surface area contributed by atoms with Crippen LogP contribution in [0.15, 0.2) is 29.6 Å². The molecule has 88 valence electrons. The second-order valence-corrected chi connectivity index (χ2v) is 6.01. The molecule has 0 aliphatic carbocycles. The number of thiophene rings is 1. The number of carboxylic acids is 1. The Labute approximate surface area is 107 Å². The van der Waals surface area contributed by atoms with E-state index in [9.17, 15) is 4.79 Å². The Balaban J connectivity index is 1.93. The van der Waals surface area contributed by atoms with Crippen molar-refractivity contribution in [1.29, 1.82) is 0 Å². The minimum atomic E-state index is -0.764. The van der Waals surface area contributed by atoms with Crippen LogP contribution in [0.4, 0.5) is 0 Å². The molecule has 17 heavy (non-hydrogen) atoms. The second-order valence-electron chi connectivity index (χ2n) is 3.96. The van der Waals surface area contributed by atoms with Crippen molar-refractivity contribution in [1.82, 2.24) is 5.32 Å². The Morgan fingerprint density at radius 3 is 3.00 bits per heavy atom. The highest BCUT2D eigenvalue weighted by Gasteiger charge is 2.31. The Morgan fingerprint density at radius 2 is 2.24 bits per heavy atom. The van der Waals surface area contributed by atoms with Gasteiger partial charge in [-0.15, -0.1) is 23.1 Å². The maximum atomic E-state index is 10.9. The van der Waals surface area contributed by atoms with Crippen molar-refractivity contribution in [2.45, 2.75) is 11.4 Å². The highest BCUT2D eigenvalue weighted by atomic mass is 32.2. The minimum Gasteiger partial charge on any atom is -0.480 e. The average Bonchev–Trinajstić information content (AvgIpc) is 2.95. The SMILES string of the molecule is O=C(O)[C@H]1CSC(c2csc3ccccc23)N1. The topological polar surface area (TPSA) is 49.3 Å². The number of aliphatic carboxylic acids is 1. The van der Waals surface area contributed by atoms with E-state index in [0.717, 1.165) is 0 Å². The lowest BCUT2D eigenvalue weighted by Crippen LogP contribution is -2.33. The molecule has 2 atom stereocenters. The van der Waals surface area contributed by atoms with Crippen LogP contribution in [-0.2, 0) is 4.79 Å². The van der Waals surface area contributed by atoms with E-state index in [-0.39, 0.29) is 5.37 Å². The first-order chi connectivity index (χ1) is 8.25. The fraction of sp³-hybridized carbons (Fsp3) is 0.250. The molecule has 0 saturated carbocycles. The van der Waals surface area contributed by atoms with E-state index in [1.54, 1.807) is 23.1 Å². The number of rotatable bonds is 2. The van der Waals surface area contributed by atoms with Crippen LogP contribution in [0.2, 0.25) is 0 Å². The van der Waals surface area contributed by atoms with Crippen molar-refractivity contribution in [3.63, 3.8) is 0 Å². The molecule has 1 aromatic heterocycles. The maximum Gasteiger partial charge on any atom is 0.321 e. The van der Waals surface area contributed by atoms with Crippen molar-refractivity contribution in [3.05, 3.63) is 35.2 Å². The molecular formula is C12H11NO2S2. The second kappa shape index (κ2) is 4.33. The summed E-state index contributed by atoms with van der Waals surface area (Å²) < 4.78 is 1.25. The monoisotopic (exact) mass is 265 g/mol. The summed E-state index contributed by atoms with van der Waals surface area (Å²) in [6, 6.07) is 7.81. The summed E-state index contributed by atoms with van der Waals surface area (Å²) in [7, 11) is 0. The number of carbonyl (C=O) groups is 1. The summed E-state index contributed by atoms with van der Waals surface area (Å²) in [5.74, 6) is -0.135. The number of thioether (sulfide) groups is 1. The van der Waals surface area contributed by atoms with Gasteiger partial charge in [0.15, 0.2) is 0 Å². The predicted molar refractivity (Wildman–Crippen MR) is 71.6 cm³/mol. The molecule has 0 bridgehead atoms. The molecule has 0 spiro atoms. The van der Waals surface area contributed by atoms with Gasteiger partial charge in [0, 0.05) is 10.5 Å². The first-order valence-electron chi connectivity index (χ1n) is 5.32. The molecule has 2 N–H and O–H groups in total. The van der Waals surface area contributed by atoms with Crippen molar-refractivity contribution in [2.24, 2.45) is 0 Å². The molecule has 1 aliphatic heterocycles. The van der Waals surface area contributed by atoms with Crippen molar-refractivity contribution >= 4 is 39.2 Å². The lowest BCUT2D eigenvalue weighted by atomic mass is 10.1. The standard InChI is InChI=1S/C12H11NO2S2/c14-12(15)9-6-17-11(13-9)8-5-16-10-4-2-1-3-7(8)10/h1-5,9,11,13H,6H2,(H,14,15)/t9-,11?/m1/s1. The van der Waals surface area contributed by atoms with Gasteiger partial charge in [-0.25, -0.2) is 0 Å². The van der Waals surface area contributed by atoms with Crippen LogP contribution in [0, 0.1) is 0 Å². The van der Waals surface area contributed by atoms with E-state index < -0.39 is 12.0 Å². The minimum absolute atomic E-state index is 0.104. The van der Waals surface area contributed by atoms with Crippen LogP contribution < -0.4 is 5.32 Å². The average molecular weight is 265 g/mol. The van der Waals surface area contributed by atoms with Crippen molar-refractivity contribution < 1.29 is 9.90 Å². The van der Waals surface area contributed by atoms with Crippen LogP contribution in [0.25, 0.3) is 10.1 Å². The summed E-state index contributed by atoms with van der Waals surface area (Å²) in [4.78, 5) is 10.9. The van der Waals surface area contributed by atoms with Gasteiger partial charge in [0.1, 0.15) is 6.04 Å². The largest absolute Gasteiger partial charge is 0.480 e. The van der Waals surface area contributed by atoms with Gasteiger partial charge in [0.25, 0.3) is 0 Å². The van der Waals surface area contributed by atoms with Gasteiger partial charge < -0.3 is 5.11 Å². The summed E-state index contributed by atoms with van der Waals surface area (Å²) in [6.45, 7) is 0. The van der Waals surface area contributed by atoms with Crippen LogP contribution in [0.5, 0.6) is 0 Å². The lowest BCUT2D eigenvalue weighted by Gasteiger charge is -2.09. The highest BCUT2D eigenvalue weighted by molar-refractivity contribution is 7.99. The van der Waals surface area contributed by atoms with Crippen molar-refractivity contribution in [2.75, 3.05) is 5.75 Å². The maximum absolute atomic E-state index is 10.9. The predicted octanol–water partition coefficient (Wildman–Crippen LogP) is 2.69. The van der Waals surface area contributed by atoms with Crippen LogP contribution in [0.1, 0.15) is 10.9 Å². The van der Waals surface area contributed by atoms with Gasteiger partial charge in [0.2, 0.25) is 0 Å². The number of carboxylic acid groups (broad SMARTS) is 1. The van der Waals surface area contributed by atoms with Gasteiger partial charge in [-0.2, -0.15) is 0 Å². The normalized spacial score (nSPS) is 24.2. The van der Waals surface area contributed by atoms with Gasteiger partial charge in [-0.1, -0.05) is 18.2 Å². The van der Waals surface area contributed by atoms with E-state index in [2.05, 4.69) is 22.8 Å². The van der Waals surface area contributed by atoms with E-state index >= 15 is 0 Å². The third-order valence-electron chi connectivity index (χ3n) is 2.87. The van der Waals surface area contributed by atoms with Crippen LogP contribution in [0.3, 0.4) is 0 Å². The molecule has 0 amide bonds. The number of fused-ring (bicyclic) bond motifs is 1. The Morgan fingerprint density at radius 1 is 1.41 bits per heavy atom. The zero-order valence-electron chi connectivity index (χ0n) is 8.92. The summed E-state index contributed by atoms with van der Waals surface area (Å²) in [5.41, 5.74) is 1.21. The summed E-state index contributed by atoms with van der Waals surface area (Å²) in [5, 5.41) is 15.6. The summed E-state index contributed by atoms with van der Waals surface area (Å²) >= 11 is 3.38. The fourth-order valence-corrected chi connectivity index (χ4v) is 4.33. The molecule has 2 aromatic rings. The van der Waals surface area contributed by atoms with Gasteiger partial charge >= 0.3 is 5.97 Å². The number of benzene rings is 1. The van der Waals surface area contributed by atoms with Gasteiger partial charge in [-0.05, 0) is 22.4 Å². The van der Waals surface area contributed by atoms with Gasteiger partial charge in [0.05, 0.1) is 5.37 Å². The Bertz CT molecular complexity index is 566. The van der Waals surface area contributed by atoms with Crippen molar-refractivity contribution in [3.8, 4) is 0 Å². The zero-order chi connectivity index (χ0) is 11.8. The Kier molecular flexibility index (Phi) is 2.82. The molecule has 3 rings (SSSR count). The molecule has 1 unspecified atom stereocenters. The number of hydrogen-bond acceptors (Lipinski definition) is 4. The molecule has 0 radical (unpaired) electrons. The third-order valence-corrected chi connectivity index (χ3v) is 5.10. The quantitative estimate of drug-likeness (QED) is 0.876. The Hall–Kier alpha value is -1.04. The fourth-order valence-electron chi connectivity index (χ4n) is 1.99. The molecule has 2 heterocycles. The third kappa shape index (κ3) is 1.94. The van der Waals surface area contributed by atoms with Crippen LogP contribution in [-0.4, -0.2) is 22.9 Å². The molecule has 1 aromatic carbocycles. The first kappa shape index (κ1) is 11.1. The molecule has 1 aliphatic rings. The highest BCUT2D eigenvalue weighted by Crippen LogP contribution is 2.39. The van der Waals surface area contributed by atoms with E-state index in [0.29, 0.717) is 5.75 Å². The molecule has 5 heteroatoms. The number of hydrogen-bond donors (Lipinski definition) is 2. The van der Waals surface area contributed by atoms with E-state index in [1.807, 2.05) is 12.1 Å². The van der Waals surface area contributed by atoms with Gasteiger partial charge in [-0.3, -0.25) is 10.1 Å². The summed E-state index contributed by atoms with van der Waals surface area (Å²) in [6.07, 6.45) is 0.